The molecule has 4 saturated heterocycles. The lowest BCUT2D eigenvalue weighted by molar-refractivity contribution is -0.152. The SMILES string of the molecule is CCC1(COCc2ccc(N(c3ccccc3)c3ccc4c(c3)C3(c5cc(N(c6ccccc6)c6ccc(COCC7(CC)COC7)cc6)ccc5-4)c4cc(N(c5ccccc5)c5ccc(COCC6(CC)COC6)cc5)ccc4-c4ccc(N(c5ccccc5)c5ccc(COCC6(CC)COC6)cc5)cc43)cc2)COC1. The second-order valence-electron chi connectivity index (χ2n) is 32.4. The van der Waals surface area contributed by atoms with Gasteiger partial charge < -0.3 is 57.5 Å². The van der Waals surface area contributed by atoms with Crippen LogP contribution in [0.15, 0.2) is 291 Å². The van der Waals surface area contributed by atoms with Crippen LogP contribution in [0, 0.1) is 21.7 Å². The van der Waals surface area contributed by atoms with Gasteiger partial charge in [0.25, 0.3) is 0 Å². The average molecular weight is 1500 g/mol. The summed E-state index contributed by atoms with van der Waals surface area (Å²) in [5, 5.41) is 0. The monoisotopic (exact) mass is 1500 g/mol. The summed E-state index contributed by atoms with van der Waals surface area (Å²) in [7, 11) is 0. The van der Waals surface area contributed by atoms with Crippen LogP contribution in [0.5, 0.6) is 0 Å². The van der Waals surface area contributed by atoms with Crippen molar-refractivity contribution < 1.29 is 37.9 Å². The van der Waals surface area contributed by atoms with Crippen molar-refractivity contribution in [2.24, 2.45) is 21.7 Å². The topological polar surface area (TPSA) is 86.8 Å². The molecule has 0 atom stereocenters. The standard InChI is InChI=1S/C101H100N4O8/c1-5-97(65-110-66-97)61-106-57-73-29-37-81(38-30-73)102(77-21-13-9-14-22-77)85-45-49-89-90-50-46-86(103(78-23-15-10-16-24-78)82-39-31-74(32-40-82)58-107-62-98(6-2)67-111-68-98)54-94(90)101(93(89)53-85)95-55-87(104(79-25-17-11-18-26-79)83-41-33-75(34-42-83)59-108-63-99(7-3)69-112-70-99)47-51-91(95)92-52-48-88(56-96(92)101)105(80-27-19-12-20-28-80)84-43-35-76(36-44-84)60-109-64-100(8-4)71-113-72-100/h9-56H,5-8,57-72H2,1-4H3. The molecule has 4 fully saturated rings. The van der Waals surface area contributed by atoms with Crippen LogP contribution in [0.3, 0.4) is 0 Å². The highest BCUT2D eigenvalue weighted by Gasteiger charge is 2.53. The number of hydrogen-bond acceptors (Lipinski definition) is 12. The number of fused-ring (bicyclic) bond motifs is 10. The number of benzene rings is 12. The zero-order chi connectivity index (χ0) is 76.4. The summed E-state index contributed by atoms with van der Waals surface area (Å²) in [5.74, 6) is 0. The summed E-state index contributed by atoms with van der Waals surface area (Å²) in [4.78, 5) is 9.70. The molecule has 2 aliphatic carbocycles. The van der Waals surface area contributed by atoms with Crippen molar-refractivity contribution in [3.05, 3.63) is 336 Å². The van der Waals surface area contributed by atoms with Gasteiger partial charge >= 0.3 is 0 Å². The van der Waals surface area contributed by atoms with E-state index in [9.17, 15) is 0 Å². The summed E-state index contributed by atoms with van der Waals surface area (Å²) in [6.45, 7) is 19.7. The predicted molar refractivity (Wildman–Crippen MR) is 454 cm³/mol. The lowest BCUT2D eigenvalue weighted by atomic mass is 9.70. The Kier molecular flexibility index (Phi) is 20.8. The second kappa shape index (κ2) is 31.8. The van der Waals surface area contributed by atoms with Gasteiger partial charge in [0, 0.05) is 89.9 Å². The van der Waals surface area contributed by atoms with E-state index in [-0.39, 0.29) is 21.7 Å². The van der Waals surface area contributed by atoms with Crippen molar-refractivity contribution in [2.75, 3.05) is 98.9 Å². The fraction of sp³-hybridized carbons (Fsp3) is 0.287. The van der Waals surface area contributed by atoms with Gasteiger partial charge in [-0.3, -0.25) is 0 Å². The van der Waals surface area contributed by atoms with Gasteiger partial charge in [-0.15, -0.1) is 0 Å². The summed E-state index contributed by atoms with van der Waals surface area (Å²) in [6.07, 6.45) is 4.12. The zero-order valence-electron chi connectivity index (χ0n) is 65.4. The first kappa shape index (κ1) is 74.0. The fourth-order valence-corrected chi connectivity index (χ4v) is 17.5. The van der Waals surface area contributed by atoms with Crippen LogP contribution in [0.25, 0.3) is 22.3 Å². The number of anilines is 12. The molecule has 0 amide bonds. The molecular formula is C101H100N4O8. The minimum absolute atomic E-state index is 0.0912. The molecule has 1 spiro atoms. The van der Waals surface area contributed by atoms with Crippen molar-refractivity contribution in [2.45, 2.75) is 85.2 Å². The first-order valence-electron chi connectivity index (χ1n) is 40.6. The van der Waals surface area contributed by atoms with Crippen LogP contribution < -0.4 is 19.6 Å². The Morgan fingerprint density at radius 1 is 0.230 bits per heavy atom. The Labute approximate surface area is 666 Å². The van der Waals surface area contributed by atoms with Crippen LogP contribution in [0.4, 0.5) is 68.2 Å². The number of nitrogens with zero attached hydrogens (tertiary/aromatic N) is 4. The Morgan fingerprint density at radius 3 is 0.593 bits per heavy atom. The van der Waals surface area contributed by atoms with Crippen molar-refractivity contribution in [1.29, 1.82) is 0 Å². The number of hydrogen-bond donors (Lipinski definition) is 0. The Morgan fingerprint density at radius 2 is 0.416 bits per heavy atom. The summed E-state index contributed by atoms with van der Waals surface area (Å²) in [6, 6.07) is 108. The van der Waals surface area contributed by atoms with Crippen molar-refractivity contribution in [3.63, 3.8) is 0 Å². The molecule has 12 aromatic carbocycles. The molecule has 572 valence electrons. The van der Waals surface area contributed by atoms with Gasteiger partial charge in [0.15, 0.2) is 0 Å². The van der Waals surface area contributed by atoms with E-state index in [4.69, 9.17) is 37.9 Å². The molecule has 0 N–H and O–H groups in total. The predicted octanol–water partition coefficient (Wildman–Crippen LogP) is 23.7. The highest BCUT2D eigenvalue weighted by molar-refractivity contribution is 6.00. The quantitative estimate of drug-likeness (QED) is 0.0402. The minimum Gasteiger partial charge on any atom is -0.380 e. The van der Waals surface area contributed by atoms with Gasteiger partial charge in [-0.25, -0.2) is 0 Å². The van der Waals surface area contributed by atoms with E-state index < -0.39 is 5.41 Å². The van der Waals surface area contributed by atoms with Gasteiger partial charge in [-0.2, -0.15) is 0 Å². The van der Waals surface area contributed by atoms with Crippen LogP contribution in [-0.2, 0) is 69.7 Å². The Balaban J connectivity index is 0.830. The maximum atomic E-state index is 6.48. The van der Waals surface area contributed by atoms with Crippen molar-refractivity contribution in [1.82, 2.24) is 0 Å². The van der Waals surface area contributed by atoms with Crippen LogP contribution in [-0.4, -0.2) is 79.3 Å². The van der Waals surface area contributed by atoms with Crippen molar-refractivity contribution >= 4 is 68.2 Å². The highest BCUT2D eigenvalue weighted by atomic mass is 16.5. The normalized spacial score (nSPS) is 16.5. The van der Waals surface area contributed by atoms with E-state index >= 15 is 0 Å². The molecule has 12 heteroatoms. The third-order valence-corrected chi connectivity index (χ3v) is 25.1. The average Bonchev–Trinajstić information content (AvgIpc) is 1.50. The highest BCUT2D eigenvalue weighted by Crippen LogP contribution is 2.66. The Hall–Kier alpha value is -10.5. The van der Waals surface area contributed by atoms with Gasteiger partial charge in [0.2, 0.25) is 0 Å². The lowest BCUT2D eigenvalue weighted by Gasteiger charge is -2.40. The number of rotatable bonds is 32. The molecule has 0 aromatic heterocycles. The molecule has 12 nitrogen and oxygen atoms in total. The number of ether oxygens (including phenoxy) is 8. The van der Waals surface area contributed by atoms with E-state index in [0.717, 1.165) is 169 Å². The van der Waals surface area contributed by atoms with Gasteiger partial charge in [0.1, 0.15) is 0 Å². The van der Waals surface area contributed by atoms with Gasteiger partial charge in [-0.1, -0.05) is 173 Å². The van der Waals surface area contributed by atoms with E-state index in [1.165, 1.54) is 44.5 Å². The van der Waals surface area contributed by atoms with E-state index in [2.05, 4.69) is 338 Å². The molecule has 12 aromatic rings. The zero-order valence-corrected chi connectivity index (χ0v) is 65.4. The molecule has 0 saturated carbocycles. The van der Waals surface area contributed by atoms with Crippen molar-refractivity contribution in [3.8, 4) is 22.3 Å². The maximum absolute atomic E-state index is 6.48. The lowest BCUT2D eigenvalue weighted by Crippen LogP contribution is -2.45. The first-order valence-corrected chi connectivity index (χ1v) is 40.6. The summed E-state index contributed by atoms with van der Waals surface area (Å²) in [5.41, 5.74) is 25.8. The molecule has 4 heterocycles. The molecule has 113 heavy (non-hydrogen) atoms. The molecule has 4 aliphatic heterocycles. The number of para-hydroxylation sites is 4. The van der Waals surface area contributed by atoms with E-state index in [1.807, 2.05) is 0 Å². The third-order valence-electron chi connectivity index (χ3n) is 25.1. The smallest absolute Gasteiger partial charge is 0.0728 e. The summed E-state index contributed by atoms with van der Waals surface area (Å²) >= 11 is 0. The van der Waals surface area contributed by atoms with Crippen LogP contribution >= 0.6 is 0 Å². The molecule has 0 unspecified atom stereocenters. The Bertz CT molecular complexity index is 4580. The minimum atomic E-state index is -0.959. The van der Waals surface area contributed by atoms with E-state index in [1.54, 1.807) is 0 Å². The largest absolute Gasteiger partial charge is 0.380 e. The molecule has 0 bridgehead atoms. The van der Waals surface area contributed by atoms with Gasteiger partial charge in [0.05, 0.1) is 111 Å². The molecule has 6 aliphatic rings. The van der Waals surface area contributed by atoms with Crippen LogP contribution in [0.2, 0.25) is 0 Å². The van der Waals surface area contributed by atoms with Crippen LogP contribution in [0.1, 0.15) is 97.9 Å². The molecule has 0 radical (unpaired) electrons. The van der Waals surface area contributed by atoms with Gasteiger partial charge in [-0.05, 0) is 238 Å². The molecule has 18 rings (SSSR count). The second-order valence-corrected chi connectivity index (χ2v) is 32.4. The molecular weight excluding hydrogens is 1400 g/mol. The van der Waals surface area contributed by atoms with E-state index in [0.29, 0.717) is 52.9 Å². The first-order chi connectivity index (χ1) is 55.6. The fourth-order valence-electron chi connectivity index (χ4n) is 17.5. The third kappa shape index (κ3) is 14.3. The summed E-state index contributed by atoms with van der Waals surface area (Å²) < 4.78 is 48.6. The maximum Gasteiger partial charge on any atom is 0.0728 e.